The van der Waals surface area contributed by atoms with Crippen molar-refractivity contribution in [3.63, 3.8) is 0 Å². The van der Waals surface area contributed by atoms with Gasteiger partial charge in [0, 0.05) is 31.9 Å². The average molecular weight is 509 g/mol. The van der Waals surface area contributed by atoms with E-state index >= 15 is 0 Å². The number of aryl methyl sites for hydroxylation is 2. The van der Waals surface area contributed by atoms with Gasteiger partial charge in [-0.2, -0.15) is 0 Å². The lowest BCUT2D eigenvalue weighted by Crippen LogP contribution is -2.12. The molecule has 0 aliphatic carbocycles. The zero-order chi connectivity index (χ0) is 27.0. The third-order valence-electron chi connectivity index (χ3n) is 6.96. The zero-order valence-corrected chi connectivity index (χ0v) is 22.6. The van der Waals surface area contributed by atoms with E-state index in [1.807, 2.05) is 24.2 Å². The molecule has 1 aromatic heterocycles. The summed E-state index contributed by atoms with van der Waals surface area (Å²) in [5.74, 6) is 0. The summed E-state index contributed by atoms with van der Waals surface area (Å²) in [6, 6.07) is 32.7. The molecule has 0 saturated carbocycles. The van der Waals surface area contributed by atoms with Crippen LogP contribution >= 0.6 is 0 Å². The molecule has 0 fully saturated rings. The molecule has 6 aromatic rings. The second-order valence-corrected chi connectivity index (χ2v) is 9.59. The second kappa shape index (κ2) is 12.1. The molecule has 39 heavy (non-hydrogen) atoms. The molecule has 0 N–H and O–H groups in total. The van der Waals surface area contributed by atoms with E-state index in [1.165, 1.54) is 60.9 Å². The van der Waals surface area contributed by atoms with Crippen LogP contribution in [0.4, 0.5) is 0 Å². The summed E-state index contributed by atoms with van der Waals surface area (Å²) in [5, 5.41) is 7.99. The van der Waals surface area contributed by atoms with Gasteiger partial charge in [0.05, 0.1) is 0 Å². The van der Waals surface area contributed by atoms with Gasteiger partial charge in [0.1, 0.15) is 13.0 Å². The van der Waals surface area contributed by atoms with E-state index in [2.05, 4.69) is 114 Å². The Bertz CT molecular complexity index is 1740. The van der Waals surface area contributed by atoms with Crippen molar-refractivity contribution in [3.05, 3.63) is 133 Å². The second-order valence-electron chi connectivity index (χ2n) is 9.59. The van der Waals surface area contributed by atoms with Crippen molar-refractivity contribution in [2.75, 3.05) is 13.7 Å². The Labute approximate surface area is 230 Å². The summed E-state index contributed by atoms with van der Waals surface area (Å²) in [6.45, 7) is 5.28. The lowest BCUT2D eigenvalue weighted by atomic mass is 9.91. The largest absolute Gasteiger partial charge is 0.361 e. The van der Waals surface area contributed by atoms with E-state index in [4.69, 9.17) is 0 Å². The number of hydrogen-bond acceptors (Lipinski definition) is 4. The average Bonchev–Trinajstić information content (AvgIpc) is 3.01. The number of hydrogen-bond donors (Lipinski definition) is 0. The Morgan fingerprint density at radius 2 is 1.23 bits per heavy atom. The van der Waals surface area contributed by atoms with E-state index < -0.39 is 0 Å². The van der Waals surface area contributed by atoms with Gasteiger partial charge in [0.25, 0.3) is 0 Å². The van der Waals surface area contributed by atoms with Crippen molar-refractivity contribution < 1.29 is 0 Å². The minimum Gasteiger partial charge on any atom is -0.361 e. The quantitative estimate of drug-likeness (QED) is 0.209. The Morgan fingerprint density at radius 3 is 1.82 bits per heavy atom. The van der Waals surface area contributed by atoms with Gasteiger partial charge in [-0.1, -0.05) is 72.8 Å². The van der Waals surface area contributed by atoms with E-state index in [1.54, 1.807) is 24.7 Å². The predicted molar refractivity (Wildman–Crippen MR) is 166 cm³/mol. The van der Waals surface area contributed by atoms with Crippen LogP contribution in [0.1, 0.15) is 11.1 Å². The van der Waals surface area contributed by atoms with Crippen LogP contribution in [0.2, 0.25) is 0 Å². The molecule has 0 amide bonds. The zero-order valence-electron chi connectivity index (χ0n) is 22.6. The summed E-state index contributed by atoms with van der Waals surface area (Å²) >= 11 is 0. The first kappa shape index (κ1) is 25.8. The van der Waals surface area contributed by atoms with Gasteiger partial charge >= 0.3 is 0 Å². The van der Waals surface area contributed by atoms with Gasteiger partial charge in [-0.3, -0.25) is 4.99 Å². The highest BCUT2D eigenvalue weighted by Gasteiger charge is 2.10. The maximum atomic E-state index is 3.97. The normalized spacial score (nSPS) is 12.1. The molecule has 0 spiro atoms. The smallest absolute Gasteiger partial charge is 0.115 e. The SMILES string of the molecule is CN1C=CC=NC1.Cc1c2ccccc2c(C)c2cc(-c3ccc4ccccc4c3)ccc12.c1cncnc1. The highest BCUT2D eigenvalue weighted by molar-refractivity contribution is 6.06. The number of aliphatic imine (C=N–C) groups is 1. The van der Waals surface area contributed by atoms with Crippen molar-refractivity contribution in [3.8, 4) is 11.1 Å². The Balaban J connectivity index is 0.000000194. The molecule has 0 saturated heterocycles. The first-order valence-electron chi connectivity index (χ1n) is 13.1. The first-order chi connectivity index (χ1) is 19.1. The van der Waals surface area contributed by atoms with E-state index in [-0.39, 0.29) is 0 Å². The van der Waals surface area contributed by atoms with Gasteiger partial charge in [-0.25, -0.2) is 9.97 Å². The fourth-order valence-electron chi connectivity index (χ4n) is 4.88. The van der Waals surface area contributed by atoms with Gasteiger partial charge < -0.3 is 4.90 Å². The van der Waals surface area contributed by atoms with Gasteiger partial charge in [0.2, 0.25) is 0 Å². The maximum Gasteiger partial charge on any atom is 0.115 e. The summed E-state index contributed by atoms with van der Waals surface area (Å²) in [7, 11) is 1.99. The molecule has 0 radical (unpaired) electrons. The van der Waals surface area contributed by atoms with Crippen LogP contribution in [-0.2, 0) is 0 Å². The van der Waals surface area contributed by atoms with E-state index in [0.29, 0.717) is 0 Å². The molecular formula is C35H32N4. The topological polar surface area (TPSA) is 41.4 Å². The molecule has 1 aliphatic rings. The number of benzene rings is 5. The number of fused-ring (bicyclic) bond motifs is 3. The number of aromatic nitrogens is 2. The number of rotatable bonds is 1. The number of nitrogens with zero attached hydrogens (tertiary/aromatic N) is 4. The fraction of sp³-hybridized carbons (Fsp3) is 0.114. The minimum absolute atomic E-state index is 0.802. The summed E-state index contributed by atoms with van der Waals surface area (Å²) in [5.41, 5.74) is 5.28. The van der Waals surface area contributed by atoms with Crippen LogP contribution in [0.15, 0.2) is 127 Å². The molecule has 5 aromatic carbocycles. The van der Waals surface area contributed by atoms with Crippen LogP contribution in [0, 0.1) is 13.8 Å². The van der Waals surface area contributed by atoms with Gasteiger partial charge in [-0.15, -0.1) is 0 Å². The molecule has 2 heterocycles. The maximum absolute atomic E-state index is 3.97. The standard InChI is InChI=1S/C26H20.C5H8N2.C4H4N2/c1-17-23-9-5-6-10-24(23)18(2)26-16-22(13-14-25(17)26)21-12-11-19-7-3-4-8-20(19)15-21;1-7-4-2-3-6-5-7;1-2-5-4-6-3-1/h3-16H,1-2H3;2-4H,5H2,1H3;1-4H. The molecule has 1 aliphatic heterocycles. The summed E-state index contributed by atoms with van der Waals surface area (Å²) in [4.78, 5) is 13.3. The van der Waals surface area contributed by atoms with Crippen LogP contribution in [0.3, 0.4) is 0 Å². The third-order valence-corrected chi connectivity index (χ3v) is 6.96. The lowest BCUT2D eigenvalue weighted by molar-refractivity contribution is 0.470. The molecule has 7 rings (SSSR count). The summed E-state index contributed by atoms with van der Waals surface area (Å²) < 4.78 is 0. The van der Waals surface area contributed by atoms with Gasteiger partial charge in [-0.05, 0) is 92.7 Å². The Hall–Kier alpha value is -4.83. The molecule has 0 atom stereocenters. The highest BCUT2D eigenvalue weighted by Crippen LogP contribution is 2.35. The molecule has 4 heteroatoms. The first-order valence-corrected chi connectivity index (χ1v) is 13.1. The molecule has 4 nitrogen and oxygen atoms in total. The van der Waals surface area contributed by atoms with Crippen LogP contribution in [0.25, 0.3) is 43.4 Å². The molecular weight excluding hydrogens is 476 g/mol. The monoisotopic (exact) mass is 508 g/mol. The number of allylic oxidation sites excluding steroid dienone is 1. The van der Waals surface area contributed by atoms with Crippen LogP contribution in [-0.4, -0.2) is 34.8 Å². The van der Waals surface area contributed by atoms with E-state index in [9.17, 15) is 0 Å². The van der Waals surface area contributed by atoms with Crippen molar-refractivity contribution in [1.82, 2.24) is 14.9 Å². The fourth-order valence-corrected chi connectivity index (χ4v) is 4.88. The van der Waals surface area contributed by atoms with Crippen LogP contribution < -0.4 is 0 Å². The van der Waals surface area contributed by atoms with Gasteiger partial charge in [0.15, 0.2) is 0 Å². The van der Waals surface area contributed by atoms with Crippen molar-refractivity contribution >= 4 is 38.5 Å². The Morgan fingerprint density at radius 1 is 0.615 bits per heavy atom. The molecule has 192 valence electrons. The van der Waals surface area contributed by atoms with E-state index in [0.717, 1.165) is 6.67 Å². The van der Waals surface area contributed by atoms with Crippen LogP contribution in [0.5, 0.6) is 0 Å². The van der Waals surface area contributed by atoms with Crippen molar-refractivity contribution in [2.24, 2.45) is 4.99 Å². The molecule has 0 bridgehead atoms. The lowest BCUT2D eigenvalue weighted by Gasteiger charge is -2.13. The van der Waals surface area contributed by atoms with Crippen molar-refractivity contribution in [2.45, 2.75) is 13.8 Å². The third kappa shape index (κ3) is 6.02. The molecule has 0 unspecified atom stereocenters. The summed E-state index contributed by atoms with van der Waals surface area (Å²) in [6.07, 6.45) is 10.6. The van der Waals surface area contributed by atoms with Crippen molar-refractivity contribution in [1.29, 1.82) is 0 Å². The minimum atomic E-state index is 0.802. The highest BCUT2D eigenvalue weighted by atomic mass is 15.2. The predicted octanol–water partition coefficient (Wildman–Crippen LogP) is 8.38. The Kier molecular flexibility index (Phi) is 8.03.